The average Bonchev–Trinajstić information content (AvgIpc) is 2.98. The van der Waals surface area contributed by atoms with Gasteiger partial charge in [0.2, 0.25) is 5.91 Å². The van der Waals surface area contributed by atoms with Gasteiger partial charge in [-0.15, -0.1) is 11.3 Å². The lowest BCUT2D eigenvalue weighted by Gasteiger charge is -2.14. The van der Waals surface area contributed by atoms with E-state index in [4.69, 9.17) is 4.52 Å². The van der Waals surface area contributed by atoms with Gasteiger partial charge in [-0.1, -0.05) is 19.0 Å². The van der Waals surface area contributed by atoms with Gasteiger partial charge in [-0.2, -0.15) is 0 Å². The number of rotatable bonds is 5. The molecule has 0 saturated heterocycles. The van der Waals surface area contributed by atoms with E-state index in [9.17, 15) is 4.79 Å². The Kier molecular flexibility index (Phi) is 4.54. The second kappa shape index (κ2) is 6.17. The van der Waals surface area contributed by atoms with E-state index in [1.807, 2.05) is 18.4 Å². The van der Waals surface area contributed by atoms with Crippen LogP contribution >= 0.6 is 11.3 Å². The van der Waals surface area contributed by atoms with Crippen molar-refractivity contribution in [3.63, 3.8) is 0 Å². The Morgan fingerprint density at radius 3 is 2.75 bits per heavy atom. The van der Waals surface area contributed by atoms with Gasteiger partial charge >= 0.3 is 0 Å². The molecule has 0 atom stereocenters. The minimum Gasteiger partial charge on any atom is -0.361 e. The van der Waals surface area contributed by atoms with Crippen molar-refractivity contribution in [2.75, 3.05) is 7.05 Å². The minimum absolute atomic E-state index is 0.0336. The number of hydrogen-bond donors (Lipinski definition) is 0. The number of aromatic nitrogens is 2. The van der Waals surface area contributed by atoms with Gasteiger partial charge in [-0.3, -0.25) is 4.79 Å². The van der Waals surface area contributed by atoms with Crippen molar-refractivity contribution in [1.29, 1.82) is 0 Å². The maximum atomic E-state index is 12.1. The van der Waals surface area contributed by atoms with Crippen LogP contribution in [0.4, 0.5) is 0 Å². The smallest absolute Gasteiger partial charge is 0.228 e. The zero-order valence-electron chi connectivity index (χ0n) is 12.2. The van der Waals surface area contributed by atoms with Gasteiger partial charge in [-0.05, 0) is 6.92 Å². The normalized spacial score (nSPS) is 11.1. The monoisotopic (exact) mass is 293 g/mol. The van der Waals surface area contributed by atoms with E-state index in [0.29, 0.717) is 18.9 Å². The summed E-state index contributed by atoms with van der Waals surface area (Å²) in [4.78, 5) is 18.3. The molecule has 0 aliphatic heterocycles. The highest BCUT2D eigenvalue weighted by molar-refractivity contribution is 7.09. The first-order valence-corrected chi connectivity index (χ1v) is 7.44. The van der Waals surface area contributed by atoms with E-state index in [0.717, 1.165) is 22.2 Å². The lowest BCUT2D eigenvalue weighted by molar-refractivity contribution is -0.129. The van der Waals surface area contributed by atoms with Crippen LogP contribution in [0.1, 0.15) is 41.9 Å². The summed E-state index contributed by atoms with van der Waals surface area (Å²) in [6.45, 7) is 6.49. The molecular formula is C14H19N3O2S. The molecule has 0 aliphatic rings. The molecule has 2 aromatic rings. The first kappa shape index (κ1) is 14.7. The van der Waals surface area contributed by atoms with E-state index in [1.54, 1.807) is 23.3 Å². The topological polar surface area (TPSA) is 59.2 Å². The third kappa shape index (κ3) is 3.66. The number of nitrogens with zero attached hydrogens (tertiary/aromatic N) is 3. The first-order chi connectivity index (χ1) is 9.45. The van der Waals surface area contributed by atoms with Crippen molar-refractivity contribution in [2.45, 2.75) is 39.7 Å². The minimum atomic E-state index is 0.0336. The average molecular weight is 293 g/mol. The van der Waals surface area contributed by atoms with Crippen LogP contribution in [0.15, 0.2) is 16.0 Å². The fourth-order valence-electron chi connectivity index (χ4n) is 1.78. The van der Waals surface area contributed by atoms with Crippen LogP contribution in [0.5, 0.6) is 0 Å². The summed E-state index contributed by atoms with van der Waals surface area (Å²) < 4.78 is 4.99. The molecule has 0 aromatic carbocycles. The van der Waals surface area contributed by atoms with Crippen molar-refractivity contribution in [1.82, 2.24) is 15.0 Å². The van der Waals surface area contributed by atoms with Crippen LogP contribution in [0.3, 0.4) is 0 Å². The summed E-state index contributed by atoms with van der Waals surface area (Å²) in [6.07, 6.45) is 0.330. The number of amides is 1. The third-order valence-electron chi connectivity index (χ3n) is 2.90. The molecule has 0 fully saturated rings. The van der Waals surface area contributed by atoms with Crippen LogP contribution < -0.4 is 0 Å². The van der Waals surface area contributed by atoms with Crippen LogP contribution in [0, 0.1) is 6.92 Å². The summed E-state index contributed by atoms with van der Waals surface area (Å²) in [5, 5.41) is 6.92. The van der Waals surface area contributed by atoms with Crippen LogP contribution in [0.2, 0.25) is 0 Å². The summed E-state index contributed by atoms with van der Waals surface area (Å²) in [7, 11) is 1.77. The number of thiazole rings is 1. The van der Waals surface area contributed by atoms with Gasteiger partial charge < -0.3 is 9.42 Å². The molecule has 0 unspecified atom stereocenters. The Hall–Kier alpha value is -1.69. The number of aryl methyl sites for hydroxylation is 1. The van der Waals surface area contributed by atoms with Crippen molar-refractivity contribution < 1.29 is 9.32 Å². The van der Waals surface area contributed by atoms with Gasteiger partial charge in [0.1, 0.15) is 11.5 Å². The van der Waals surface area contributed by atoms with Crippen LogP contribution in [-0.2, 0) is 17.8 Å². The molecule has 0 aliphatic carbocycles. The molecule has 20 heavy (non-hydrogen) atoms. The zero-order chi connectivity index (χ0) is 14.7. The first-order valence-electron chi connectivity index (χ1n) is 6.56. The second-order valence-corrected chi connectivity index (χ2v) is 6.08. The standard InChI is InChI=1S/C14H19N3O2S/c1-9(2)14-15-12(8-20-14)6-13(18)17(4)7-11-5-10(3)19-16-11/h5,8-9H,6-7H2,1-4H3. The van der Waals surface area contributed by atoms with Crippen molar-refractivity contribution in [3.05, 3.63) is 33.6 Å². The fraction of sp³-hybridized carbons (Fsp3) is 0.500. The summed E-state index contributed by atoms with van der Waals surface area (Å²) >= 11 is 1.61. The van der Waals surface area contributed by atoms with E-state index in [2.05, 4.69) is 24.0 Å². The van der Waals surface area contributed by atoms with Crippen molar-refractivity contribution >= 4 is 17.2 Å². The zero-order valence-corrected chi connectivity index (χ0v) is 13.0. The number of hydrogen-bond acceptors (Lipinski definition) is 5. The second-order valence-electron chi connectivity index (χ2n) is 5.19. The van der Waals surface area contributed by atoms with Gasteiger partial charge in [0.15, 0.2) is 0 Å². The molecule has 0 spiro atoms. The lowest BCUT2D eigenvalue weighted by atomic mass is 10.2. The number of likely N-dealkylation sites (N-methyl/N-ethyl adjacent to an activating group) is 1. The Morgan fingerprint density at radius 1 is 1.45 bits per heavy atom. The molecule has 2 rings (SSSR count). The fourth-order valence-corrected chi connectivity index (χ4v) is 2.62. The molecule has 6 heteroatoms. The van der Waals surface area contributed by atoms with Crippen LogP contribution in [0.25, 0.3) is 0 Å². The SMILES string of the molecule is Cc1cc(CN(C)C(=O)Cc2csc(C(C)C)n2)no1. The molecule has 0 N–H and O–H groups in total. The van der Waals surface area contributed by atoms with Crippen molar-refractivity contribution in [3.8, 4) is 0 Å². The Bertz CT molecular complexity index is 589. The molecule has 108 valence electrons. The maximum Gasteiger partial charge on any atom is 0.228 e. The molecule has 0 bridgehead atoms. The Morgan fingerprint density at radius 2 is 2.20 bits per heavy atom. The lowest BCUT2D eigenvalue weighted by Crippen LogP contribution is -2.28. The van der Waals surface area contributed by atoms with E-state index >= 15 is 0 Å². The molecule has 2 heterocycles. The van der Waals surface area contributed by atoms with Gasteiger partial charge in [0.05, 0.1) is 23.7 Å². The predicted octanol–water partition coefficient (Wildman–Crippen LogP) is 2.76. The number of carbonyl (C=O) groups is 1. The highest BCUT2D eigenvalue weighted by Crippen LogP contribution is 2.19. The quantitative estimate of drug-likeness (QED) is 0.850. The molecular weight excluding hydrogens is 274 g/mol. The van der Waals surface area contributed by atoms with Gasteiger partial charge in [-0.25, -0.2) is 4.98 Å². The summed E-state index contributed by atoms with van der Waals surface area (Å²) in [5.74, 6) is 1.19. The van der Waals surface area contributed by atoms with E-state index in [-0.39, 0.29) is 5.91 Å². The largest absolute Gasteiger partial charge is 0.361 e. The van der Waals surface area contributed by atoms with Crippen molar-refractivity contribution in [2.24, 2.45) is 0 Å². The summed E-state index contributed by atoms with van der Waals surface area (Å²) in [6, 6.07) is 1.84. The molecule has 1 amide bonds. The third-order valence-corrected chi connectivity index (χ3v) is 4.09. The molecule has 0 radical (unpaired) electrons. The van der Waals surface area contributed by atoms with Gasteiger partial charge in [0, 0.05) is 24.4 Å². The summed E-state index contributed by atoms with van der Waals surface area (Å²) in [5.41, 5.74) is 1.60. The van der Waals surface area contributed by atoms with E-state index < -0.39 is 0 Å². The van der Waals surface area contributed by atoms with Crippen LogP contribution in [-0.4, -0.2) is 28.0 Å². The molecule has 2 aromatic heterocycles. The highest BCUT2D eigenvalue weighted by Gasteiger charge is 2.14. The Labute approximate surface area is 122 Å². The van der Waals surface area contributed by atoms with Gasteiger partial charge in [0.25, 0.3) is 0 Å². The highest BCUT2D eigenvalue weighted by atomic mass is 32.1. The Balaban J connectivity index is 1.93. The maximum absolute atomic E-state index is 12.1. The molecule has 0 saturated carbocycles. The number of carbonyl (C=O) groups excluding carboxylic acids is 1. The van der Waals surface area contributed by atoms with E-state index in [1.165, 1.54) is 0 Å². The molecule has 5 nitrogen and oxygen atoms in total. The predicted molar refractivity (Wildman–Crippen MR) is 77.6 cm³/mol.